The van der Waals surface area contributed by atoms with Crippen molar-refractivity contribution in [3.63, 3.8) is 0 Å². The number of ether oxygens (including phenoxy) is 1. The van der Waals surface area contributed by atoms with Crippen molar-refractivity contribution in [1.29, 1.82) is 0 Å². The van der Waals surface area contributed by atoms with E-state index in [1.807, 2.05) is 0 Å². The van der Waals surface area contributed by atoms with E-state index in [4.69, 9.17) is 10.5 Å². The van der Waals surface area contributed by atoms with Crippen molar-refractivity contribution in [2.24, 2.45) is 0 Å². The lowest BCUT2D eigenvalue weighted by Gasteiger charge is -2.30. The molecule has 1 aliphatic carbocycles. The maximum atomic E-state index is 13.0. The molecule has 1 aromatic rings. The standard InChI is InChI=1S/C17H19FN4O5/c18-10-4-5-11(12(19)8-10)14(24)27-9-13(23)21-22-15(25)17(20-16(22)26)6-2-1-3-7-17/h4-5,8H,1-3,6-7,9,19H2,(H,20,26)(H,21,23). The number of anilines is 1. The number of imide groups is 1. The smallest absolute Gasteiger partial charge is 0.344 e. The number of amides is 4. The van der Waals surface area contributed by atoms with Crippen LogP contribution in [0.4, 0.5) is 14.9 Å². The lowest BCUT2D eigenvalue weighted by Crippen LogP contribution is -2.51. The van der Waals surface area contributed by atoms with Crippen LogP contribution in [0.3, 0.4) is 0 Å². The molecule has 0 aromatic heterocycles. The second-order valence-corrected chi connectivity index (χ2v) is 6.56. The molecule has 3 rings (SSSR count). The Hall–Kier alpha value is -3.17. The molecule has 1 heterocycles. The molecule has 4 amide bonds. The summed E-state index contributed by atoms with van der Waals surface area (Å²) in [5.41, 5.74) is 6.48. The first-order chi connectivity index (χ1) is 12.8. The molecule has 27 heavy (non-hydrogen) atoms. The Labute approximate surface area is 154 Å². The molecule has 144 valence electrons. The largest absolute Gasteiger partial charge is 0.452 e. The van der Waals surface area contributed by atoms with Gasteiger partial charge in [0.1, 0.15) is 11.4 Å². The Kier molecular flexibility index (Phi) is 4.98. The lowest BCUT2D eigenvalue weighted by molar-refractivity contribution is -0.140. The van der Waals surface area contributed by atoms with E-state index >= 15 is 0 Å². The van der Waals surface area contributed by atoms with Crippen LogP contribution in [0.2, 0.25) is 0 Å². The lowest BCUT2D eigenvalue weighted by atomic mass is 9.82. The van der Waals surface area contributed by atoms with E-state index in [0.29, 0.717) is 17.9 Å². The first-order valence-electron chi connectivity index (χ1n) is 8.51. The van der Waals surface area contributed by atoms with Gasteiger partial charge in [-0.05, 0) is 31.0 Å². The van der Waals surface area contributed by atoms with Crippen LogP contribution in [0.5, 0.6) is 0 Å². The van der Waals surface area contributed by atoms with Crippen molar-refractivity contribution < 1.29 is 28.3 Å². The van der Waals surface area contributed by atoms with Crippen molar-refractivity contribution in [2.45, 2.75) is 37.6 Å². The normalized spacial score (nSPS) is 18.3. The topological polar surface area (TPSA) is 131 Å². The quantitative estimate of drug-likeness (QED) is 0.404. The Morgan fingerprint density at radius 2 is 1.96 bits per heavy atom. The highest BCUT2D eigenvalue weighted by Gasteiger charge is 2.52. The summed E-state index contributed by atoms with van der Waals surface area (Å²) in [6.45, 7) is -0.736. The van der Waals surface area contributed by atoms with Gasteiger partial charge in [0.15, 0.2) is 6.61 Å². The molecule has 2 aliphatic rings. The van der Waals surface area contributed by atoms with E-state index in [1.54, 1.807) is 0 Å². The highest BCUT2D eigenvalue weighted by Crippen LogP contribution is 2.32. The number of nitrogen functional groups attached to an aromatic ring is 1. The van der Waals surface area contributed by atoms with Gasteiger partial charge in [-0.15, -0.1) is 0 Å². The second-order valence-electron chi connectivity index (χ2n) is 6.56. The molecule has 1 aromatic carbocycles. The van der Waals surface area contributed by atoms with E-state index in [9.17, 15) is 23.6 Å². The van der Waals surface area contributed by atoms with Crippen molar-refractivity contribution in [3.05, 3.63) is 29.6 Å². The second kappa shape index (κ2) is 7.22. The molecule has 10 heteroatoms. The Balaban J connectivity index is 1.57. The predicted molar refractivity (Wildman–Crippen MR) is 90.4 cm³/mol. The highest BCUT2D eigenvalue weighted by molar-refractivity contribution is 6.08. The number of hydrazine groups is 1. The third-order valence-corrected chi connectivity index (χ3v) is 4.67. The molecule has 1 saturated heterocycles. The first-order valence-corrected chi connectivity index (χ1v) is 8.51. The number of carbonyl (C=O) groups is 4. The fourth-order valence-corrected chi connectivity index (χ4v) is 3.30. The summed E-state index contributed by atoms with van der Waals surface area (Å²) in [6, 6.07) is 2.40. The van der Waals surface area contributed by atoms with Crippen molar-refractivity contribution in [3.8, 4) is 0 Å². The molecule has 4 N–H and O–H groups in total. The van der Waals surface area contributed by atoms with E-state index in [0.717, 1.165) is 37.5 Å². The third-order valence-electron chi connectivity index (χ3n) is 4.67. The van der Waals surface area contributed by atoms with Gasteiger partial charge in [0.25, 0.3) is 11.8 Å². The SMILES string of the molecule is Nc1cc(F)ccc1C(=O)OCC(=O)NN1C(=O)NC2(CCCCC2)C1=O. The number of rotatable bonds is 4. The van der Waals surface area contributed by atoms with Crippen LogP contribution in [-0.2, 0) is 14.3 Å². The van der Waals surface area contributed by atoms with Gasteiger partial charge in [-0.3, -0.25) is 15.0 Å². The molecule has 1 saturated carbocycles. The zero-order chi connectivity index (χ0) is 19.6. The van der Waals surface area contributed by atoms with Crippen LogP contribution in [0.25, 0.3) is 0 Å². The van der Waals surface area contributed by atoms with E-state index in [-0.39, 0.29) is 11.3 Å². The molecule has 0 unspecified atom stereocenters. The summed E-state index contributed by atoms with van der Waals surface area (Å²) in [5, 5.41) is 3.26. The van der Waals surface area contributed by atoms with Gasteiger partial charge in [-0.25, -0.2) is 14.0 Å². The minimum atomic E-state index is -0.970. The Bertz CT molecular complexity index is 807. The summed E-state index contributed by atoms with van der Waals surface area (Å²) in [4.78, 5) is 48.5. The van der Waals surface area contributed by atoms with Crippen LogP contribution in [-0.4, -0.2) is 41.0 Å². The fourth-order valence-electron chi connectivity index (χ4n) is 3.30. The molecular weight excluding hydrogens is 359 g/mol. The Morgan fingerprint density at radius 1 is 1.26 bits per heavy atom. The molecule has 9 nitrogen and oxygen atoms in total. The zero-order valence-electron chi connectivity index (χ0n) is 14.4. The van der Waals surface area contributed by atoms with Gasteiger partial charge in [-0.2, -0.15) is 5.01 Å². The number of nitrogens with one attached hydrogen (secondary N) is 2. The average Bonchev–Trinajstić information content (AvgIpc) is 2.84. The minimum absolute atomic E-state index is 0.0969. The number of nitrogens with two attached hydrogens (primary N) is 1. The van der Waals surface area contributed by atoms with Crippen LogP contribution >= 0.6 is 0 Å². The number of nitrogens with zero attached hydrogens (tertiary/aromatic N) is 1. The summed E-state index contributed by atoms with van der Waals surface area (Å²) < 4.78 is 17.8. The molecule has 0 bridgehead atoms. The molecule has 1 spiro atoms. The van der Waals surface area contributed by atoms with Crippen molar-refractivity contribution in [2.75, 3.05) is 12.3 Å². The number of urea groups is 1. The number of benzene rings is 1. The number of carbonyl (C=O) groups excluding carboxylic acids is 4. The third kappa shape index (κ3) is 3.69. The van der Waals surface area contributed by atoms with E-state index in [2.05, 4.69) is 10.7 Å². The Morgan fingerprint density at radius 3 is 2.63 bits per heavy atom. The van der Waals surface area contributed by atoms with Gasteiger partial charge in [0.05, 0.1) is 5.56 Å². The van der Waals surface area contributed by atoms with E-state index in [1.165, 1.54) is 0 Å². The first kappa shape index (κ1) is 18.6. The maximum absolute atomic E-state index is 13.0. The van der Waals surface area contributed by atoms with Gasteiger partial charge in [0.2, 0.25) is 0 Å². The van der Waals surface area contributed by atoms with E-state index < -0.39 is 41.8 Å². The number of hydrogen-bond donors (Lipinski definition) is 3. The fraction of sp³-hybridized carbons (Fsp3) is 0.412. The minimum Gasteiger partial charge on any atom is -0.452 e. The average molecular weight is 378 g/mol. The molecule has 0 radical (unpaired) electrons. The van der Waals surface area contributed by atoms with Crippen LogP contribution in [0, 0.1) is 5.82 Å². The van der Waals surface area contributed by atoms with Gasteiger partial charge in [0, 0.05) is 5.69 Å². The highest BCUT2D eigenvalue weighted by atomic mass is 19.1. The summed E-state index contributed by atoms with van der Waals surface area (Å²) in [7, 11) is 0. The van der Waals surface area contributed by atoms with Gasteiger partial charge in [-0.1, -0.05) is 19.3 Å². The summed E-state index contributed by atoms with van der Waals surface area (Å²) in [6.07, 6.45) is 3.64. The van der Waals surface area contributed by atoms with Gasteiger partial charge < -0.3 is 15.8 Å². The predicted octanol–water partition coefficient (Wildman–Crippen LogP) is 0.851. The van der Waals surface area contributed by atoms with Crippen LogP contribution in [0.15, 0.2) is 18.2 Å². The van der Waals surface area contributed by atoms with Crippen molar-refractivity contribution in [1.82, 2.24) is 15.8 Å². The summed E-state index contributed by atoms with van der Waals surface area (Å²) in [5.74, 6) is -2.92. The molecule has 0 atom stereocenters. The molecule has 1 aliphatic heterocycles. The summed E-state index contributed by atoms with van der Waals surface area (Å²) >= 11 is 0. The van der Waals surface area contributed by atoms with Crippen molar-refractivity contribution >= 4 is 29.5 Å². The van der Waals surface area contributed by atoms with Crippen LogP contribution < -0.4 is 16.5 Å². The number of hydrogen-bond acceptors (Lipinski definition) is 6. The maximum Gasteiger partial charge on any atom is 0.344 e. The number of halogens is 1. The van der Waals surface area contributed by atoms with Gasteiger partial charge >= 0.3 is 12.0 Å². The number of esters is 1. The van der Waals surface area contributed by atoms with Crippen LogP contribution in [0.1, 0.15) is 42.5 Å². The zero-order valence-corrected chi connectivity index (χ0v) is 14.4. The molecular formula is C17H19FN4O5. The monoisotopic (exact) mass is 378 g/mol. The molecule has 2 fully saturated rings.